The van der Waals surface area contributed by atoms with Gasteiger partial charge in [0.15, 0.2) is 0 Å². The molecule has 2 aromatic rings. The van der Waals surface area contributed by atoms with Crippen molar-refractivity contribution >= 4 is 29.0 Å². The average molecular weight is 347 g/mol. The first-order chi connectivity index (χ1) is 11.5. The molecule has 126 valence electrons. The van der Waals surface area contributed by atoms with Crippen LogP contribution in [-0.4, -0.2) is 31.3 Å². The zero-order valence-electron chi connectivity index (χ0n) is 13.2. The molecule has 0 aliphatic rings. The number of ether oxygens (including phenoxy) is 2. The lowest BCUT2D eigenvalue weighted by molar-refractivity contribution is -0.138. The Bertz CT molecular complexity index is 739. The number of esters is 2. The van der Waals surface area contributed by atoms with Crippen molar-refractivity contribution in [3.05, 3.63) is 64.0 Å². The highest BCUT2D eigenvalue weighted by Gasteiger charge is 2.15. The molecule has 0 amide bonds. The molecule has 2 rings (SSSR count). The molecule has 0 saturated heterocycles. The van der Waals surface area contributed by atoms with Gasteiger partial charge in [-0.2, -0.15) is 0 Å². The Kier molecular flexibility index (Phi) is 6.11. The number of rotatable bonds is 6. The highest BCUT2D eigenvalue weighted by molar-refractivity contribution is 7.10. The molecule has 1 aromatic carbocycles. The molecule has 6 nitrogen and oxygen atoms in total. The lowest BCUT2D eigenvalue weighted by Crippen LogP contribution is -2.15. The van der Waals surface area contributed by atoms with E-state index in [1.807, 2.05) is 17.5 Å². The number of hydrogen-bond donors (Lipinski definition) is 2. The summed E-state index contributed by atoms with van der Waals surface area (Å²) < 4.78 is 9.16. The van der Waals surface area contributed by atoms with E-state index in [-0.39, 0.29) is 5.70 Å². The number of hydrogen-bond acceptors (Lipinski definition) is 7. The molecule has 7 heteroatoms. The van der Waals surface area contributed by atoms with Gasteiger partial charge in [-0.25, -0.2) is 9.59 Å². The fourth-order valence-electron chi connectivity index (χ4n) is 1.99. The van der Waals surface area contributed by atoms with Crippen molar-refractivity contribution in [2.75, 3.05) is 19.5 Å². The van der Waals surface area contributed by atoms with Crippen molar-refractivity contribution in [3.8, 4) is 0 Å². The maximum Gasteiger partial charge on any atom is 0.354 e. The Labute approximate surface area is 143 Å². The van der Waals surface area contributed by atoms with Crippen molar-refractivity contribution < 1.29 is 24.2 Å². The SMILES string of the molecule is COC(=O)/C=C(/Nc1cccc(C(O)c2cccs2)c1)C(=O)OC. The Balaban J connectivity index is 2.25. The highest BCUT2D eigenvalue weighted by Crippen LogP contribution is 2.27. The average Bonchev–Trinajstić information content (AvgIpc) is 3.14. The van der Waals surface area contributed by atoms with Gasteiger partial charge in [0.05, 0.1) is 20.3 Å². The van der Waals surface area contributed by atoms with Crippen LogP contribution < -0.4 is 5.32 Å². The Morgan fingerprint density at radius 3 is 2.62 bits per heavy atom. The van der Waals surface area contributed by atoms with Crippen LogP contribution in [0.15, 0.2) is 53.6 Å². The van der Waals surface area contributed by atoms with Gasteiger partial charge in [-0.3, -0.25) is 0 Å². The molecule has 24 heavy (non-hydrogen) atoms. The maximum atomic E-state index is 11.8. The summed E-state index contributed by atoms with van der Waals surface area (Å²) in [7, 11) is 2.43. The number of thiophene rings is 1. The molecular weight excluding hydrogens is 330 g/mol. The van der Waals surface area contributed by atoms with Crippen LogP contribution in [0.3, 0.4) is 0 Å². The molecule has 2 N–H and O–H groups in total. The summed E-state index contributed by atoms with van der Waals surface area (Å²) in [6.45, 7) is 0. The minimum atomic E-state index is -0.766. The molecule has 1 heterocycles. The second-order valence-electron chi connectivity index (χ2n) is 4.74. The zero-order valence-corrected chi connectivity index (χ0v) is 14.0. The van der Waals surface area contributed by atoms with Crippen molar-refractivity contribution in [1.82, 2.24) is 0 Å². The van der Waals surface area contributed by atoms with Gasteiger partial charge >= 0.3 is 11.9 Å². The fraction of sp³-hybridized carbons (Fsp3) is 0.176. The largest absolute Gasteiger partial charge is 0.466 e. The van der Waals surface area contributed by atoms with Crippen molar-refractivity contribution in [2.45, 2.75) is 6.10 Å². The number of carbonyl (C=O) groups is 2. The summed E-state index contributed by atoms with van der Waals surface area (Å²) in [4.78, 5) is 24.0. The van der Waals surface area contributed by atoms with Gasteiger partial charge in [0.25, 0.3) is 0 Å². The monoisotopic (exact) mass is 347 g/mol. The second kappa shape index (κ2) is 8.28. The van der Waals surface area contributed by atoms with Crippen LogP contribution in [0.1, 0.15) is 16.5 Å². The minimum absolute atomic E-state index is 0.0629. The smallest absolute Gasteiger partial charge is 0.354 e. The van der Waals surface area contributed by atoms with E-state index in [0.29, 0.717) is 11.3 Å². The molecule has 0 aliphatic heterocycles. The lowest BCUT2D eigenvalue weighted by Gasteiger charge is -2.13. The summed E-state index contributed by atoms with van der Waals surface area (Å²) in [6, 6.07) is 10.6. The van der Waals surface area contributed by atoms with Crippen molar-refractivity contribution in [3.63, 3.8) is 0 Å². The van der Waals surface area contributed by atoms with E-state index in [9.17, 15) is 14.7 Å². The number of anilines is 1. The molecule has 1 atom stereocenters. The van der Waals surface area contributed by atoms with Gasteiger partial charge in [-0.05, 0) is 29.1 Å². The van der Waals surface area contributed by atoms with E-state index in [1.54, 1.807) is 24.3 Å². The predicted molar refractivity (Wildman–Crippen MR) is 90.6 cm³/mol. The summed E-state index contributed by atoms with van der Waals surface area (Å²) in [5, 5.41) is 15.1. The first-order valence-corrected chi connectivity index (χ1v) is 7.89. The topological polar surface area (TPSA) is 84.9 Å². The minimum Gasteiger partial charge on any atom is -0.466 e. The molecule has 1 aromatic heterocycles. The van der Waals surface area contributed by atoms with Crippen LogP contribution in [0.4, 0.5) is 5.69 Å². The first kappa shape index (κ1) is 17.7. The van der Waals surface area contributed by atoms with Crippen LogP contribution in [-0.2, 0) is 19.1 Å². The van der Waals surface area contributed by atoms with Crippen LogP contribution in [0.5, 0.6) is 0 Å². The van der Waals surface area contributed by atoms with Gasteiger partial charge in [-0.15, -0.1) is 11.3 Å². The van der Waals surface area contributed by atoms with Crippen molar-refractivity contribution in [1.29, 1.82) is 0 Å². The Morgan fingerprint density at radius 2 is 2.00 bits per heavy atom. The Morgan fingerprint density at radius 1 is 1.21 bits per heavy atom. The quantitative estimate of drug-likeness (QED) is 0.617. The third kappa shape index (κ3) is 4.43. The zero-order chi connectivity index (χ0) is 17.5. The van der Waals surface area contributed by atoms with E-state index < -0.39 is 18.0 Å². The van der Waals surface area contributed by atoms with Gasteiger partial charge in [0.2, 0.25) is 0 Å². The first-order valence-electron chi connectivity index (χ1n) is 7.01. The Hall–Kier alpha value is -2.64. The number of methoxy groups -OCH3 is 2. The molecule has 0 spiro atoms. The van der Waals surface area contributed by atoms with Crippen LogP contribution in [0.25, 0.3) is 0 Å². The number of carbonyl (C=O) groups excluding carboxylic acids is 2. The number of aliphatic hydroxyl groups excluding tert-OH is 1. The molecule has 0 fully saturated rings. The number of nitrogens with one attached hydrogen (secondary N) is 1. The molecule has 0 saturated carbocycles. The molecular formula is C17H17NO5S. The van der Waals surface area contributed by atoms with E-state index in [2.05, 4.69) is 14.8 Å². The van der Waals surface area contributed by atoms with Crippen molar-refractivity contribution in [2.24, 2.45) is 0 Å². The molecule has 0 radical (unpaired) electrons. The van der Waals surface area contributed by atoms with E-state index in [0.717, 1.165) is 11.0 Å². The molecule has 1 unspecified atom stereocenters. The van der Waals surface area contributed by atoms with E-state index in [1.165, 1.54) is 25.6 Å². The summed E-state index contributed by atoms with van der Waals surface area (Å²) in [5.74, 6) is -1.39. The van der Waals surface area contributed by atoms with Gasteiger partial charge in [0, 0.05) is 10.6 Å². The van der Waals surface area contributed by atoms with Crippen LogP contribution >= 0.6 is 11.3 Å². The third-order valence-electron chi connectivity index (χ3n) is 3.16. The second-order valence-corrected chi connectivity index (χ2v) is 5.72. The summed E-state index contributed by atoms with van der Waals surface area (Å²) in [5.41, 5.74) is 1.13. The number of benzene rings is 1. The standard InChI is InChI=1S/C17H17NO5S/c1-22-15(19)10-13(17(21)23-2)18-12-6-3-5-11(9-12)16(20)14-7-4-8-24-14/h3-10,16,18,20H,1-2H3/b13-10+. The normalized spacial score (nSPS) is 12.4. The van der Waals surface area contributed by atoms with Crippen LogP contribution in [0.2, 0.25) is 0 Å². The molecule has 0 aliphatic carbocycles. The maximum absolute atomic E-state index is 11.8. The summed E-state index contributed by atoms with van der Waals surface area (Å²) in [6.07, 6.45) is 0.242. The third-order valence-corrected chi connectivity index (χ3v) is 4.09. The predicted octanol–water partition coefficient (Wildman–Crippen LogP) is 2.47. The molecule has 0 bridgehead atoms. The fourth-order valence-corrected chi connectivity index (χ4v) is 2.72. The lowest BCUT2D eigenvalue weighted by atomic mass is 10.1. The highest BCUT2D eigenvalue weighted by atomic mass is 32.1. The van der Waals surface area contributed by atoms with Gasteiger partial charge in [0.1, 0.15) is 11.8 Å². The van der Waals surface area contributed by atoms with E-state index >= 15 is 0 Å². The summed E-state index contributed by atoms with van der Waals surface area (Å²) >= 11 is 1.45. The van der Waals surface area contributed by atoms with Gasteiger partial charge in [-0.1, -0.05) is 18.2 Å². The van der Waals surface area contributed by atoms with Gasteiger partial charge < -0.3 is 19.9 Å². The van der Waals surface area contributed by atoms with Crippen LogP contribution in [0, 0.1) is 0 Å². The van der Waals surface area contributed by atoms with E-state index in [4.69, 9.17) is 0 Å². The number of aliphatic hydroxyl groups is 1.